The molecule has 3 aliphatic rings. The monoisotopic (exact) mass is 868 g/mol. The van der Waals surface area contributed by atoms with E-state index in [0.717, 1.165) is 16.7 Å². The minimum atomic E-state index is -3.17. The summed E-state index contributed by atoms with van der Waals surface area (Å²) in [6.07, 6.45) is -0.429. The summed E-state index contributed by atoms with van der Waals surface area (Å²) in [5.41, 5.74) is 3.68. The van der Waals surface area contributed by atoms with Crippen LogP contribution in [0.3, 0.4) is 0 Å². The highest BCUT2D eigenvalue weighted by Gasteiger charge is 2.66. The van der Waals surface area contributed by atoms with Crippen LogP contribution in [0, 0.1) is 5.92 Å². The first-order chi connectivity index (χ1) is 30.2. The number of carbonyl (C=O) groups excluding carboxylic acids is 4. The van der Waals surface area contributed by atoms with Crippen molar-refractivity contribution in [3.8, 4) is 11.5 Å². The Balaban J connectivity index is 1.11. The maximum Gasteiger partial charge on any atom is 0.264 e. The summed E-state index contributed by atoms with van der Waals surface area (Å²) in [6, 6.07) is 33.5. The zero-order valence-electron chi connectivity index (χ0n) is 36.0. The molecule has 1 fully saturated rings. The van der Waals surface area contributed by atoms with Crippen LogP contribution in [0.4, 0.5) is 17.1 Å². The van der Waals surface area contributed by atoms with Crippen molar-refractivity contribution in [2.75, 3.05) is 36.4 Å². The molecule has 1 spiro atoms. The van der Waals surface area contributed by atoms with Crippen molar-refractivity contribution in [1.82, 2.24) is 4.90 Å². The van der Waals surface area contributed by atoms with Gasteiger partial charge in [-0.1, -0.05) is 43.3 Å². The maximum atomic E-state index is 15.3. The fourth-order valence-corrected chi connectivity index (χ4v) is 12.2. The molecule has 326 valence electrons. The van der Waals surface area contributed by atoms with Crippen LogP contribution in [0.1, 0.15) is 56.3 Å². The van der Waals surface area contributed by atoms with Gasteiger partial charge in [0, 0.05) is 46.1 Å². The van der Waals surface area contributed by atoms with Crippen molar-refractivity contribution in [3.05, 3.63) is 149 Å². The molecule has 0 bridgehead atoms. The highest BCUT2D eigenvalue weighted by molar-refractivity contribution is 6.71. The normalized spacial score (nSPS) is 21.5. The molecule has 5 atom stereocenters. The number of hydrogen-bond acceptors (Lipinski definition) is 9. The van der Waals surface area contributed by atoms with Crippen LogP contribution in [0.2, 0.25) is 18.6 Å². The second-order valence-electron chi connectivity index (χ2n) is 17.1. The number of methoxy groups -OCH3 is 2. The molecule has 5 aromatic rings. The van der Waals surface area contributed by atoms with Crippen LogP contribution in [0.15, 0.2) is 115 Å². The van der Waals surface area contributed by atoms with Gasteiger partial charge >= 0.3 is 0 Å². The molecule has 4 N–H and O–H groups in total. The van der Waals surface area contributed by atoms with Gasteiger partial charge in [-0.15, -0.1) is 0 Å². The molecule has 13 nitrogen and oxygen atoms in total. The molecule has 63 heavy (non-hydrogen) atoms. The van der Waals surface area contributed by atoms with E-state index in [9.17, 15) is 24.3 Å². The van der Waals surface area contributed by atoms with Gasteiger partial charge in [0.15, 0.2) is 13.9 Å². The van der Waals surface area contributed by atoms with E-state index in [2.05, 4.69) is 10.6 Å². The summed E-state index contributed by atoms with van der Waals surface area (Å²) in [5, 5.41) is 16.3. The van der Waals surface area contributed by atoms with E-state index in [0.29, 0.717) is 58.2 Å². The predicted octanol–water partition coefficient (Wildman–Crippen LogP) is 6.89. The zero-order valence-corrected chi connectivity index (χ0v) is 37.0. The standard InChI is InChI=1S/C49H52N4O9Si/c1-30-45(63(4,5)59)43(26-44(55)52-28-35-9-7-6-8-34(35)24-38(52)29-54)62-49(30)41-25-37(51-47(57)33-14-21-40(61-3)22-15-33)18-23-42(41)53(48(49)58)27-31-10-16-36(17-11-31)50-46(56)32-12-19-39(60-2)20-13-32/h6-23,25,30,38,43,45,54,59H,24,26-29H2,1-5H3,(H,50,56)(H,51,57)/t30-,38+,43+,45-,49+/m1/s1. The second-order valence-corrected chi connectivity index (χ2v) is 21.1. The lowest BCUT2D eigenvalue weighted by Gasteiger charge is -2.37. The number of fused-ring (bicyclic) bond motifs is 3. The molecule has 5 aromatic carbocycles. The number of hydrogen-bond donors (Lipinski definition) is 4. The lowest BCUT2D eigenvalue weighted by molar-refractivity contribution is -0.151. The highest BCUT2D eigenvalue weighted by Crippen LogP contribution is 2.60. The van der Waals surface area contributed by atoms with Crippen LogP contribution >= 0.6 is 0 Å². The van der Waals surface area contributed by atoms with E-state index in [1.165, 1.54) is 0 Å². The highest BCUT2D eigenvalue weighted by atomic mass is 28.4. The van der Waals surface area contributed by atoms with Gasteiger partial charge in [-0.2, -0.15) is 0 Å². The molecule has 0 aromatic heterocycles. The Kier molecular flexibility index (Phi) is 12.0. The molecule has 4 amide bonds. The lowest BCUT2D eigenvalue weighted by Crippen LogP contribution is -2.48. The summed E-state index contributed by atoms with van der Waals surface area (Å²) in [7, 11) is -0.0548. The van der Waals surface area contributed by atoms with Crippen molar-refractivity contribution in [1.29, 1.82) is 0 Å². The Bertz CT molecular complexity index is 2530. The first-order valence-electron chi connectivity index (χ1n) is 21.1. The largest absolute Gasteiger partial charge is 0.497 e. The lowest BCUT2D eigenvalue weighted by atomic mass is 9.82. The minimum absolute atomic E-state index is 0.105. The predicted molar refractivity (Wildman–Crippen MR) is 241 cm³/mol. The van der Waals surface area contributed by atoms with Crippen molar-refractivity contribution < 1.29 is 43.3 Å². The number of aliphatic hydroxyl groups is 1. The number of benzene rings is 5. The molecule has 1 saturated heterocycles. The number of rotatable bonds is 12. The smallest absolute Gasteiger partial charge is 0.264 e. The molecule has 14 heteroatoms. The third-order valence-electron chi connectivity index (χ3n) is 12.8. The summed E-state index contributed by atoms with van der Waals surface area (Å²) < 4.78 is 17.5. The molecular weight excluding hydrogens is 817 g/mol. The first kappa shape index (κ1) is 43.3. The number of nitrogens with zero attached hydrogens (tertiary/aromatic N) is 2. The Hall–Kier alpha value is -6.32. The third kappa shape index (κ3) is 8.34. The Morgan fingerprint density at radius 2 is 1.38 bits per heavy atom. The SMILES string of the molecule is COc1ccc(C(=O)Nc2ccc(CN3C(=O)[C@@]4(O[C@@H](CC(=O)N5Cc6ccccc6C[C@H]5CO)[C@H]([Si](C)(C)O)[C@H]4C)c4cc(NC(=O)c5ccc(OC)cc5)ccc43)cc2)cc1. The van der Waals surface area contributed by atoms with Crippen LogP contribution in [-0.4, -0.2) is 79.7 Å². The molecule has 0 aliphatic carbocycles. The van der Waals surface area contributed by atoms with Gasteiger partial charge in [0.05, 0.1) is 51.6 Å². The van der Waals surface area contributed by atoms with E-state index < -0.39 is 37.5 Å². The zero-order chi connectivity index (χ0) is 44.6. The number of nitrogens with one attached hydrogen (secondary N) is 2. The van der Waals surface area contributed by atoms with Crippen LogP contribution < -0.4 is 25.0 Å². The van der Waals surface area contributed by atoms with E-state index in [1.807, 2.05) is 43.3 Å². The summed E-state index contributed by atoms with van der Waals surface area (Å²) in [6.45, 7) is 5.78. The molecule has 0 radical (unpaired) electrons. The molecule has 3 heterocycles. The van der Waals surface area contributed by atoms with Gasteiger partial charge < -0.3 is 44.5 Å². The number of anilines is 3. The fraction of sp³-hybridized carbons (Fsp3) is 0.306. The average Bonchev–Trinajstić information content (AvgIpc) is 3.71. The van der Waals surface area contributed by atoms with Gasteiger partial charge in [-0.05, 0) is 115 Å². The number of ether oxygens (including phenoxy) is 3. The number of aliphatic hydroxyl groups excluding tert-OH is 1. The molecule has 0 saturated carbocycles. The number of carbonyl (C=O) groups is 4. The van der Waals surface area contributed by atoms with Crippen LogP contribution in [0.5, 0.6) is 11.5 Å². The first-order valence-corrected chi connectivity index (χ1v) is 24.1. The van der Waals surface area contributed by atoms with Gasteiger partial charge in [0.2, 0.25) is 5.91 Å². The molecular formula is C49H52N4O9Si. The Morgan fingerprint density at radius 3 is 1.95 bits per heavy atom. The van der Waals surface area contributed by atoms with Crippen molar-refractivity contribution in [2.24, 2.45) is 5.92 Å². The Labute approximate surface area is 367 Å². The summed E-state index contributed by atoms with van der Waals surface area (Å²) in [5.74, 6) is -0.559. The molecule has 3 aliphatic heterocycles. The summed E-state index contributed by atoms with van der Waals surface area (Å²) >= 11 is 0. The fourth-order valence-electron chi connectivity index (χ4n) is 9.61. The van der Waals surface area contributed by atoms with E-state index in [-0.39, 0.29) is 43.2 Å². The van der Waals surface area contributed by atoms with Gasteiger partial charge in [0.25, 0.3) is 17.7 Å². The van der Waals surface area contributed by atoms with Gasteiger partial charge in [-0.25, -0.2) is 0 Å². The summed E-state index contributed by atoms with van der Waals surface area (Å²) in [4.78, 5) is 71.5. The van der Waals surface area contributed by atoms with Gasteiger partial charge in [-0.3, -0.25) is 19.2 Å². The minimum Gasteiger partial charge on any atom is -0.497 e. The van der Waals surface area contributed by atoms with E-state index in [4.69, 9.17) is 14.2 Å². The van der Waals surface area contributed by atoms with Crippen molar-refractivity contribution >= 4 is 49.0 Å². The van der Waals surface area contributed by atoms with Crippen molar-refractivity contribution in [2.45, 2.75) is 69.2 Å². The molecule has 8 rings (SSSR count). The van der Waals surface area contributed by atoms with Crippen molar-refractivity contribution in [3.63, 3.8) is 0 Å². The van der Waals surface area contributed by atoms with E-state index >= 15 is 4.79 Å². The maximum absolute atomic E-state index is 15.3. The van der Waals surface area contributed by atoms with E-state index in [1.54, 1.807) is 116 Å². The topological polar surface area (TPSA) is 167 Å². The van der Waals surface area contributed by atoms with Crippen LogP contribution in [-0.2, 0) is 39.4 Å². The third-order valence-corrected chi connectivity index (χ3v) is 15.3. The van der Waals surface area contributed by atoms with Gasteiger partial charge in [0.1, 0.15) is 11.5 Å². The Morgan fingerprint density at radius 1 is 0.810 bits per heavy atom. The molecule has 0 unspecified atom stereocenters. The second kappa shape index (κ2) is 17.4. The van der Waals surface area contributed by atoms with Crippen LogP contribution in [0.25, 0.3) is 0 Å². The quantitative estimate of drug-likeness (QED) is 0.0978. The average molecular weight is 869 g/mol. The number of amides is 4.